The van der Waals surface area contributed by atoms with E-state index in [9.17, 15) is 0 Å². The molecule has 0 amide bonds. The second-order valence-electron chi connectivity index (χ2n) is 4.72. The smallest absolute Gasteiger partial charge is 0.240 e. The Kier molecular flexibility index (Phi) is 5.06. The molecule has 0 bridgehead atoms. The van der Waals surface area contributed by atoms with Gasteiger partial charge in [0, 0.05) is 23.7 Å². The van der Waals surface area contributed by atoms with Crippen LogP contribution in [0.3, 0.4) is 0 Å². The fourth-order valence-electron chi connectivity index (χ4n) is 2.23. The van der Waals surface area contributed by atoms with E-state index in [4.69, 9.17) is 5.84 Å². The van der Waals surface area contributed by atoms with Gasteiger partial charge in [-0.05, 0) is 25.7 Å². The van der Waals surface area contributed by atoms with E-state index in [1.165, 1.54) is 4.88 Å². The average molecular weight is 311 g/mol. The molecule has 2 aromatic rings. The maximum Gasteiger partial charge on any atom is 0.240 e. The summed E-state index contributed by atoms with van der Waals surface area (Å²) in [7, 11) is 2.10. The number of thiophene rings is 1. The Bertz CT molecular complexity index is 583. The summed E-state index contributed by atoms with van der Waals surface area (Å²) in [6.07, 6.45) is 3.21. The van der Waals surface area contributed by atoms with Crippen molar-refractivity contribution in [3.8, 4) is 0 Å². The quantitative estimate of drug-likeness (QED) is 0.631. The number of hydrogen-bond acceptors (Lipinski definition) is 7. The molecule has 110 valence electrons. The van der Waals surface area contributed by atoms with E-state index in [-0.39, 0.29) is 0 Å². The number of aromatic nitrogens is 2. The second-order valence-corrected chi connectivity index (χ2v) is 6.86. The van der Waals surface area contributed by atoms with Crippen molar-refractivity contribution in [2.75, 3.05) is 29.4 Å². The first kappa shape index (κ1) is 15.3. The van der Waals surface area contributed by atoms with Crippen LogP contribution in [0.5, 0.6) is 0 Å². The summed E-state index contributed by atoms with van der Waals surface area (Å²) >= 11 is 3.52. The van der Waals surface area contributed by atoms with Crippen molar-refractivity contribution < 1.29 is 0 Å². The predicted molar refractivity (Wildman–Crippen MR) is 90.8 cm³/mol. The van der Waals surface area contributed by atoms with Crippen LogP contribution in [0.2, 0.25) is 0 Å². The molecule has 0 aliphatic carbocycles. The molecule has 7 heteroatoms. The minimum absolute atomic E-state index is 0.453. The van der Waals surface area contributed by atoms with Crippen molar-refractivity contribution in [1.82, 2.24) is 9.97 Å². The fourth-order valence-corrected chi connectivity index (χ4v) is 3.95. The van der Waals surface area contributed by atoms with Gasteiger partial charge in [-0.1, -0.05) is 6.92 Å². The zero-order valence-electron chi connectivity index (χ0n) is 12.3. The predicted octanol–water partition coefficient (Wildman–Crippen LogP) is 2.86. The number of fused-ring (bicyclic) bond motifs is 1. The number of nitrogens with one attached hydrogen (secondary N) is 1. The SMILES string of the molecule is CCC(CSC)N(C)c1nc(NN)nc2sc(C)cc12. The molecule has 2 heterocycles. The van der Waals surface area contributed by atoms with Crippen LogP contribution in [-0.4, -0.2) is 35.1 Å². The highest BCUT2D eigenvalue weighted by molar-refractivity contribution is 7.98. The highest BCUT2D eigenvalue weighted by atomic mass is 32.2. The number of nitrogens with two attached hydrogens (primary N) is 1. The van der Waals surface area contributed by atoms with Gasteiger partial charge in [0.25, 0.3) is 0 Å². The van der Waals surface area contributed by atoms with Crippen LogP contribution in [0, 0.1) is 6.92 Å². The van der Waals surface area contributed by atoms with E-state index < -0.39 is 0 Å². The Morgan fingerprint density at radius 2 is 2.25 bits per heavy atom. The lowest BCUT2D eigenvalue weighted by Crippen LogP contribution is -2.34. The third-order valence-corrected chi connectivity index (χ3v) is 5.00. The zero-order valence-corrected chi connectivity index (χ0v) is 13.9. The normalized spacial score (nSPS) is 12.7. The molecule has 2 aromatic heterocycles. The molecule has 0 saturated carbocycles. The highest BCUT2D eigenvalue weighted by Gasteiger charge is 2.19. The average Bonchev–Trinajstić information content (AvgIpc) is 2.82. The van der Waals surface area contributed by atoms with Gasteiger partial charge in [-0.25, -0.2) is 10.8 Å². The standard InChI is InChI=1S/C13H21N5S2/c1-5-9(7-19-4)18(3)11-10-6-8(2)20-12(10)16-13(15-11)17-14/h6,9H,5,7,14H2,1-4H3,(H,15,16,17). The Morgan fingerprint density at radius 1 is 1.50 bits per heavy atom. The summed E-state index contributed by atoms with van der Waals surface area (Å²) in [5.74, 6) is 7.99. The van der Waals surface area contributed by atoms with E-state index in [0.29, 0.717) is 12.0 Å². The third-order valence-electron chi connectivity index (χ3n) is 3.34. The van der Waals surface area contributed by atoms with Gasteiger partial charge in [-0.3, -0.25) is 5.43 Å². The van der Waals surface area contributed by atoms with Crippen LogP contribution in [0.15, 0.2) is 6.07 Å². The lowest BCUT2D eigenvalue weighted by Gasteiger charge is -2.28. The van der Waals surface area contributed by atoms with Crippen LogP contribution in [0.4, 0.5) is 11.8 Å². The second kappa shape index (κ2) is 6.60. The van der Waals surface area contributed by atoms with Gasteiger partial charge < -0.3 is 4.90 Å². The molecule has 0 aliphatic heterocycles. The number of aryl methyl sites for hydroxylation is 1. The lowest BCUT2D eigenvalue weighted by atomic mass is 10.2. The molecule has 0 saturated heterocycles. The molecule has 0 aliphatic rings. The third kappa shape index (κ3) is 2.99. The first-order valence-electron chi connectivity index (χ1n) is 6.57. The summed E-state index contributed by atoms with van der Waals surface area (Å²) < 4.78 is 0. The Balaban J connectivity index is 2.50. The van der Waals surface area contributed by atoms with E-state index in [0.717, 1.165) is 28.2 Å². The van der Waals surface area contributed by atoms with E-state index in [1.807, 2.05) is 11.8 Å². The van der Waals surface area contributed by atoms with Gasteiger partial charge in [0.15, 0.2) is 0 Å². The van der Waals surface area contributed by atoms with Crippen molar-refractivity contribution in [2.24, 2.45) is 5.84 Å². The van der Waals surface area contributed by atoms with Crippen molar-refractivity contribution in [3.05, 3.63) is 10.9 Å². The van der Waals surface area contributed by atoms with Crippen LogP contribution in [0.25, 0.3) is 10.2 Å². The maximum absolute atomic E-state index is 5.49. The maximum atomic E-state index is 5.49. The molecule has 3 N–H and O–H groups in total. The van der Waals surface area contributed by atoms with Crippen LogP contribution >= 0.6 is 23.1 Å². The number of rotatable bonds is 6. The van der Waals surface area contributed by atoms with Gasteiger partial charge in [-0.2, -0.15) is 16.7 Å². The Labute approximate surface area is 127 Å². The molecule has 20 heavy (non-hydrogen) atoms. The van der Waals surface area contributed by atoms with E-state index >= 15 is 0 Å². The molecule has 0 radical (unpaired) electrons. The van der Waals surface area contributed by atoms with Crippen molar-refractivity contribution in [2.45, 2.75) is 26.3 Å². The molecule has 0 aromatic carbocycles. The van der Waals surface area contributed by atoms with Crippen molar-refractivity contribution in [1.29, 1.82) is 0 Å². The zero-order chi connectivity index (χ0) is 14.7. The fraction of sp³-hybridized carbons (Fsp3) is 0.538. The summed E-state index contributed by atoms with van der Waals surface area (Å²) in [5.41, 5.74) is 2.57. The van der Waals surface area contributed by atoms with Gasteiger partial charge in [0.1, 0.15) is 10.6 Å². The van der Waals surface area contributed by atoms with Gasteiger partial charge in [0.05, 0.1) is 5.39 Å². The van der Waals surface area contributed by atoms with Crippen LogP contribution in [0.1, 0.15) is 18.2 Å². The molecular formula is C13H21N5S2. The first-order chi connectivity index (χ1) is 9.60. The molecule has 0 fully saturated rings. The lowest BCUT2D eigenvalue weighted by molar-refractivity contribution is 0.668. The number of thioether (sulfide) groups is 1. The number of nitrogen functional groups attached to an aromatic ring is 1. The van der Waals surface area contributed by atoms with Gasteiger partial charge in [-0.15, -0.1) is 11.3 Å². The summed E-state index contributed by atoms with van der Waals surface area (Å²) in [6.45, 7) is 4.29. The number of nitrogens with zero attached hydrogens (tertiary/aromatic N) is 3. The molecular weight excluding hydrogens is 290 g/mol. The summed E-state index contributed by atoms with van der Waals surface area (Å²) in [4.78, 5) is 13.4. The highest BCUT2D eigenvalue weighted by Crippen LogP contribution is 2.32. The minimum atomic E-state index is 0.453. The van der Waals surface area contributed by atoms with Crippen molar-refractivity contribution >= 4 is 45.1 Å². The number of hydrogen-bond donors (Lipinski definition) is 2. The van der Waals surface area contributed by atoms with Gasteiger partial charge >= 0.3 is 0 Å². The molecule has 1 unspecified atom stereocenters. The van der Waals surface area contributed by atoms with Crippen LogP contribution in [-0.2, 0) is 0 Å². The van der Waals surface area contributed by atoms with Gasteiger partial charge in [0.2, 0.25) is 5.95 Å². The molecule has 1 atom stereocenters. The minimum Gasteiger partial charge on any atom is -0.355 e. The molecule has 5 nitrogen and oxygen atoms in total. The largest absolute Gasteiger partial charge is 0.355 e. The summed E-state index contributed by atoms with van der Waals surface area (Å²) in [5, 5.41) is 1.11. The summed E-state index contributed by atoms with van der Waals surface area (Å²) in [6, 6.07) is 2.60. The van der Waals surface area contributed by atoms with E-state index in [2.05, 4.69) is 53.5 Å². The number of hydrazine groups is 1. The first-order valence-corrected chi connectivity index (χ1v) is 8.78. The topological polar surface area (TPSA) is 67.1 Å². The molecule has 2 rings (SSSR count). The van der Waals surface area contributed by atoms with Crippen LogP contribution < -0.4 is 16.2 Å². The number of anilines is 2. The monoisotopic (exact) mass is 311 g/mol. The Morgan fingerprint density at radius 3 is 2.85 bits per heavy atom. The van der Waals surface area contributed by atoms with E-state index in [1.54, 1.807) is 11.3 Å². The molecule has 0 spiro atoms. The van der Waals surface area contributed by atoms with Crippen molar-refractivity contribution in [3.63, 3.8) is 0 Å². The Hall–Kier alpha value is -1.05.